The standard InChI is InChI=1S/C22H24ClN5O2/c23-15-6-7-20-18(14-15)25-22(30)28(20)16-8-12-26(13-9-16)10-3-11-27-19-5-2-1-4-17(19)24-21(27)29/h1-2,4-7,14,16H,3,8-13H2,(H,24,29)(H,25,30)/i10D2. The molecule has 0 atom stereocenters. The van der Waals surface area contributed by atoms with E-state index in [4.69, 9.17) is 14.3 Å². The number of fused-ring (bicyclic) bond motifs is 2. The largest absolute Gasteiger partial charge is 0.326 e. The van der Waals surface area contributed by atoms with Crippen LogP contribution in [0.5, 0.6) is 0 Å². The number of rotatable bonds is 5. The van der Waals surface area contributed by atoms with E-state index in [-0.39, 0.29) is 23.8 Å². The van der Waals surface area contributed by atoms with Crippen LogP contribution in [0.25, 0.3) is 22.1 Å². The van der Waals surface area contributed by atoms with Crippen molar-refractivity contribution in [3.63, 3.8) is 0 Å². The minimum absolute atomic E-state index is 0.000660. The molecule has 2 N–H and O–H groups in total. The molecule has 2 aromatic heterocycles. The van der Waals surface area contributed by atoms with Crippen LogP contribution in [0.3, 0.4) is 0 Å². The molecule has 0 spiro atoms. The van der Waals surface area contributed by atoms with Crippen molar-refractivity contribution in [3.8, 4) is 0 Å². The SMILES string of the molecule is [2H]C([2H])(CCn1c(=O)[nH]c2ccccc21)N1CCC(n2c(=O)[nH]c3cc(Cl)ccc32)CC1. The van der Waals surface area contributed by atoms with Crippen molar-refractivity contribution < 1.29 is 2.74 Å². The second-order valence-corrected chi connectivity index (χ2v) is 8.12. The summed E-state index contributed by atoms with van der Waals surface area (Å²) in [6.45, 7) is -0.194. The summed E-state index contributed by atoms with van der Waals surface area (Å²) in [4.78, 5) is 32.3. The highest BCUT2D eigenvalue weighted by atomic mass is 35.5. The first-order valence-electron chi connectivity index (χ1n) is 11.2. The molecule has 0 saturated carbocycles. The van der Waals surface area contributed by atoms with Gasteiger partial charge in [0.2, 0.25) is 0 Å². The Labute approximate surface area is 180 Å². The van der Waals surface area contributed by atoms with Gasteiger partial charge in [-0.15, -0.1) is 0 Å². The van der Waals surface area contributed by atoms with E-state index >= 15 is 0 Å². The van der Waals surface area contributed by atoms with Crippen molar-refractivity contribution in [3.05, 3.63) is 68.5 Å². The second-order valence-electron chi connectivity index (χ2n) is 7.69. The number of aromatic nitrogens is 4. The fraction of sp³-hybridized carbons (Fsp3) is 0.364. The number of halogens is 1. The van der Waals surface area contributed by atoms with Gasteiger partial charge in [0, 0.05) is 33.4 Å². The molecule has 4 aromatic rings. The molecule has 1 aliphatic heterocycles. The van der Waals surface area contributed by atoms with Crippen molar-refractivity contribution in [2.75, 3.05) is 19.6 Å². The van der Waals surface area contributed by atoms with Crippen LogP contribution >= 0.6 is 11.6 Å². The quantitative estimate of drug-likeness (QED) is 0.512. The number of benzene rings is 2. The van der Waals surface area contributed by atoms with E-state index in [9.17, 15) is 9.59 Å². The maximum Gasteiger partial charge on any atom is 0.326 e. The molecule has 0 unspecified atom stereocenters. The van der Waals surface area contributed by atoms with Gasteiger partial charge < -0.3 is 14.9 Å². The molecule has 1 fully saturated rings. The maximum atomic E-state index is 12.5. The zero-order valence-corrected chi connectivity index (χ0v) is 17.2. The lowest BCUT2D eigenvalue weighted by Gasteiger charge is -2.32. The van der Waals surface area contributed by atoms with E-state index in [1.54, 1.807) is 21.3 Å². The monoisotopic (exact) mass is 427 g/mol. The normalized spacial score (nSPS) is 17.5. The van der Waals surface area contributed by atoms with E-state index in [0.29, 0.717) is 43.0 Å². The molecule has 0 radical (unpaired) electrons. The van der Waals surface area contributed by atoms with Gasteiger partial charge in [-0.1, -0.05) is 23.7 Å². The number of piperidine rings is 1. The number of H-pyrrole nitrogens is 2. The van der Waals surface area contributed by atoms with Crippen LogP contribution in [0.4, 0.5) is 0 Å². The number of imidazole rings is 2. The zero-order chi connectivity index (χ0) is 22.5. The van der Waals surface area contributed by atoms with Crippen molar-refractivity contribution >= 4 is 33.7 Å². The molecule has 5 rings (SSSR count). The number of para-hydroxylation sites is 2. The summed E-state index contributed by atoms with van der Waals surface area (Å²) in [5, 5.41) is 0.572. The Morgan fingerprint density at radius 2 is 1.77 bits per heavy atom. The average Bonchev–Trinajstić information content (AvgIpc) is 3.26. The van der Waals surface area contributed by atoms with Crippen LogP contribution in [0.2, 0.25) is 5.02 Å². The van der Waals surface area contributed by atoms with E-state index in [1.165, 1.54) is 0 Å². The Morgan fingerprint density at radius 1 is 1.00 bits per heavy atom. The molecule has 3 heterocycles. The van der Waals surface area contributed by atoms with Crippen LogP contribution in [0, 0.1) is 0 Å². The van der Waals surface area contributed by atoms with Crippen LogP contribution in [0.1, 0.15) is 28.0 Å². The summed E-state index contributed by atoms with van der Waals surface area (Å²) < 4.78 is 20.6. The van der Waals surface area contributed by atoms with Gasteiger partial charge in [-0.25, -0.2) is 9.59 Å². The Bertz CT molecular complexity index is 1390. The van der Waals surface area contributed by atoms with Crippen molar-refractivity contribution in [1.82, 2.24) is 24.0 Å². The Kier molecular flexibility index (Phi) is 4.42. The molecule has 0 amide bonds. The molecule has 2 aromatic carbocycles. The second kappa shape index (κ2) is 7.81. The molecular weight excluding hydrogens is 402 g/mol. The first-order valence-corrected chi connectivity index (χ1v) is 10.5. The predicted molar refractivity (Wildman–Crippen MR) is 119 cm³/mol. The highest BCUT2D eigenvalue weighted by Gasteiger charge is 2.23. The summed E-state index contributed by atoms with van der Waals surface area (Å²) in [5.74, 6) is 0. The summed E-state index contributed by atoms with van der Waals surface area (Å²) in [5.41, 5.74) is 2.68. The van der Waals surface area contributed by atoms with Crippen molar-refractivity contribution in [2.45, 2.75) is 31.8 Å². The smallest absolute Gasteiger partial charge is 0.306 e. The molecule has 7 nitrogen and oxygen atoms in total. The van der Waals surface area contributed by atoms with Gasteiger partial charge in [0.25, 0.3) is 0 Å². The number of nitrogens with zero attached hydrogens (tertiary/aromatic N) is 3. The van der Waals surface area contributed by atoms with Gasteiger partial charge >= 0.3 is 11.4 Å². The lowest BCUT2D eigenvalue weighted by atomic mass is 10.0. The van der Waals surface area contributed by atoms with Gasteiger partial charge in [-0.2, -0.15) is 0 Å². The van der Waals surface area contributed by atoms with E-state index < -0.39 is 6.50 Å². The molecule has 156 valence electrons. The topological polar surface area (TPSA) is 78.8 Å². The highest BCUT2D eigenvalue weighted by Crippen LogP contribution is 2.26. The number of nitrogens with one attached hydrogen (secondary N) is 2. The third-order valence-electron chi connectivity index (χ3n) is 5.86. The Morgan fingerprint density at radius 3 is 2.60 bits per heavy atom. The predicted octanol–water partition coefficient (Wildman–Crippen LogP) is 3.35. The molecule has 1 saturated heterocycles. The van der Waals surface area contributed by atoms with Gasteiger partial charge in [-0.3, -0.25) is 9.13 Å². The lowest BCUT2D eigenvalue weighted by Crippen LogP contribution is -2.37. The van der Waals surface area contributed by atoms with E-state index in [0.717, 1.165) is 16.6 Å². The highest BCUT2D eigenvalue weighted by molar-refractivity contribution is 6.31. The van der Waals surface area contributed by atoms with Crippen molar-refractivity contribution in [1.29, 1.82) is 0 Å². The summed E-state index contributed by atoms with van der Waals surface area (Å²) in [7, 11) is 0. The number of aromatic amines is 2. The Balaban J connectivity index is 1.28. The lowest BCUT2D eigenvalue weighted by molar-refractivity contribution is 0.183. The van der Waals surface area contributed by atoms with Gasteiger partial charge in [0.1, 0.15) is 0 Å². The number of likely N-dealkylation sites (tertiary alicyclic amines) is 1. The summed E-state index contributed by atoms with van der Waals surface area (Å²) >= 11 is 6.04. The molecular formula is C22H24ClN5O2. The zero-order valence-electron chi connectivity index (χ0n) is 18.4. The van der Waals surface area contributed by atoms with Gasteiger partial charge in [0.05, 0.1) is 22.1 Å². The van der Waals surface area contributed by atoms with Gasteiger partial charge in [-0.05, 0) is 56.1 Å². The minimum Gasteiger partial charge on any atom is -0.306 e. The molecule has 0 aliphatic carbocycles. The number of hydrogen-bond donors (Lipinski definition) is 2. The fourth-order valence-electron chi connectivity index (χ4n) is 4.40. The first kappa shape index (κ1) is 17.0. The third kappa shape index (κ3) is 3.48. The van der Waals surface area contributed by atoms with E-state index in [2.05, 4.69) is 9.97 Å². The van der Waals surface area contributed by atoms with Crippen LogP contribution < -0.4 is 11.4 Å². The van der Waals surface area contributed by atoms with Gasteiger partial charge in [0.15, 0.2) is 0 Å². The fourth-order valence-corrected chi connectivity index (χ4v) is 4.57. The maximum absolute atomic E-state index is 12.5. The van der Waals surface area contributed by atoms with Crippen molar-refractivity contribution in [2.24, 2.45) is 0 Å². The number of aryl methyl sites for hydroxylation is 1. The Hall–Kier alpha value is -2.77. The summed E-state index contributed by atoms with van der Waals surface area (Å²) in [6.07, 6.45) is 1.54. The van der Waals surface area contributed by atoms with Crippen LogP contribution in [0.15, 0.2) is 52.1 Å². The molecule has 1 aliphatic rings. The average molecular weight is 428 g/mol. The van der Waals surface area contributed by atoms with E-state index in [1.807, 2.05) is 35.2 Å². The molecule has 8 heteroatoms. The molecule has 0 bridgehead atoms. The van der Waals surface area contributed by atoms with Crippen LogP contribution in [-0.4, -0.2) is 43.6 Å². The number of hydrogen-bond acceptors (Lipinski definition) is 3. The minimum atomic E-state index is -1.55. The molecule has 30 heavy (non-hydrogen) atoms. The third-order valence-corrected chi connectivity index (χ3v) is 6.10. The van der Waals surface area contributed by atoms with Crippen LogP contribution in [-0.2, 0) is 6.54 Å². The summed E-state index contributed by atoms with van der Waals surface area (Å²) in [6, 6.07) is 12.8. The first-order chi connectivity index (χ1) is 15.3.